The van der Waals surface area contributed by atoms with Crippen molar-refractivity contribution in [3.63, 3.8) is 0 Å². The molecule has 1 fully saturated rings. The van der Waals surface area contributed by atoms with Gasteiger partial charge in [-0.3, -0.25) is 10.2 Å². The summed E-state index contributed by atoms with van der Waals surface area (Å²) < 4.78 is 10.6. The van der Waals surface area contributed by atoms with Gasteiger partial charge in [0.2, 0.25) is 0 Å². The molecule has 0 atom stereocenters. The van der Waals surface area contributed by atoms with Crippen LogP contribution in [-0.4, -0.2) is 50.4 Å². The van der Waals surface area contributed by atoms with Crippen molar-refractivity contribution in [3.05, 3.63) is 42.5 Å². The van der Waals surface area contributed by atoms with Crippen molar-refractivity contribution in [3.8, 4) is 0 Å². The zero-order chi connectivity index (χ0) is 15.9. The highest BCUT2D eigenvalue weighted by Gasteiger charge is 2.10. The molecule has 1 amide bonds. The highest BCUT2D eigenvalue weighted by atomic mass is 16.5. The van der Waals surface area contributed by atoms with Crippen molar-refractivity contribution in [2.24, 2.45) is 0 Å². The zero-order valence-electron chi connectivity index (χ0n) is 13.2. The van der Waals surface area contributed by atoms with Crippen molar-refractivity contribution >= 4 is 22.6 Å². The third kappa shape index (κ3) is 4.43. The monoisotopic (exact) mass is 314 g/mol. The molecule has 1 N–H and O–H groups in total. The van der Waals surface area contributed by atoms with E-state index >= 15 is 0 Å². The van der Waals surface area contributed by atoms with Crippen LogP contribution in [0.3, 0.4) is 0 Å². The van der Waals surface area contributed by atoms with E-state index in [9.17, 15) is 4.79 Å². The predicted molar refractivity (Wildman–Crippen MR) is 90.8 cm³/mol. The molecule has 2 aromatic rings. The third-order valence-electron chi connectivity index (χ3n) is 3.98. The Kier molecular flexibility index (Phi) is 5.45. The molecular formula is C18H22N2O3. The predicted octanol–water partition coefficient (Wildman–Crippen LogP) is 3.11. The molecule has 5 heteroatoms. The second-order valence-electron chi connectivity index (χ2n) is 5.60. The maximum Gasteiger partial charge on any atom is 0.411 e. The lowest BCUT2D eigenvalue weighted by Gasteiger charge is -2.26. The fourth-order valence-corrected chi connectivity index (χ4v) is 2.76. The second kappa shape index (κ2) is 7.94. The fraction of sp³-hybridized carbons (Fsp3) is 0.389. The molecule has 122 valence electrons. The Hall–Kier alpha value is -2.11. The number of ether oxygens (including phenoxy) is 2. The molecule has 2 aromatic carbocycles. The quantitative estimate of drug-likeness (QED) is 0.862. The molecule has 1 heterocycles. The van der Waals surface area contributed by atoms with Crippen LogP contribution in [0.1, 0.15) is 6.42 Å². The van der Waals surface area contributed by atoms with Gasteiger partial charge in [0.15, 0.2) is 0 Å². The maximum absolute atomic E-state index is 11.9. The summed E-state index contributed by atoms with van der Waals surface area (Å²) >= 11 is 0. The minimum atomic E-state index is -0.400. The van der Waals surface area contributed by atoms with Crippen LogP contribution in [-0.2, 0) is 9.47 Å². The first kappa shape index (κ1) is 15.8. The fourth-order valence-electron chi connectivity index (χ4n) is 2.76. The van der Waals surface area contributed by atoms with Crippen LogP contribution in [0.15, 0.2) is 42.5 Å². The van der Waals surface area contributed by atoms with Crippen LogP contribution in [0.25, 0.3) is 10.8 Å². The molecule has 0 unspecified atom stereocenters. The van der Waals surface area contributed by atoms with Gasteiger partial charge in [-0.1, -0.05) is 36.4 Å². The number of carbonyl (C=O) groups excluding carboxylic acids is 1. The molecular weight excluding hydrogens is 292 g/mol. The van der Waals surface area contributed by atoms with E-state index in [1.54, 1.807) is 0 Å². The van der Waals surface area contributed by atoms with Crippen molar-refractivity contribution in [1.29, 1.82) is 0 Å². The van der Waals surface area contributed by atoms with Crippen LogP contribution < -0.4 is 5.32 Å². The lowest BCUT2D eigenvalue weighted by molar-refractivity contribution is 0.0348. The van der Waals surface area contributed by atoms with Gasteiger partial charge in [0.1, 0.15) is 0 Å². The number of benzene rings is 2. The Morgan fingerprint density at radius 1 is 1.13 bits per heavy atom. The Labute approximate surface area is 136 Å². The molecule has 0 spiro atoms. The lowest BCUT2D eigenvalue weighted by Crippen LogP contribution is -2.37. The first-order chi connectivity index (χ1) is 11.3. The largest absolute Gasteiger partial charge is 0.449 e. The third-order valence-corrected chi connectivity index (χ3v) is 3.98. The summed E-state index contributed by atoms with van der Waals surface area (Å²) in [4.78, 5) is 14.3. The number of hydrogen-bond donors (Lipinski definition) is 1. The highest BCUT2D eigenvalue weighted by Crippen LogP contribution is 2.22. The first-order valence-corrected chi connectivity index (χ1v) is 8.04. The smallest absolute Gasteiger partial charge is 0.411 e. The van der Waals surface area contributed by atoms with Gasteiger partial charge in [0.25, 0.3) is 0 Å². The van der Waals surface area contributed by atoms with Gasteiger partial charge in [-0.25, -0.2) is 4.79 Å². The molecule has 3 rings (SSSR count). The Morgan fingerprint density at radius 3 is 2.78 bits per heavy atom. The van der Waals surface area contributed by atoms with Gasteiger partial charge in [-0.2, -0.15) is 0 Å². The molecule has 0 saturated carbocycles. The Balaban J connectivity index is 1.45. The number of carbonyl (C=O) groups is 1. The molecule has 0 bridgehead atoms. The summed E-state index contributed by atoms with van der Waals surface area (Å²) in [6, 6.07) is 13.8. The number of morpholine rings is 1. The van der Waals surface area contributed by atoms with Crippen LogP contribution in [0.5, 0.6) is 0 Å². The second-order valence-corrected chi connectivity index (χ2v) is 5.60. The van der Waals surface area contributed by atoms with Gasteiger partial charge in [0.05, 0.1) is 25.5 Å². The molecule has 0 aromatic heterocycles. The molecule has 1 aliphatic rings. The van der Waals surface area contributed by atoms with E-state index in [-0.39, 0.29) is 0 Å². The minimum Gasteiger partial charge on any atom is -0.449 e. The number of amides is 1. The maximum atomic E-state index is 11.9. The summed E-state index contributed by atoms with van der Waals surface area (Å²) in [6.45, 7) is 4.87. The Bertz CT molecular complexity index is 648. The number of nitrogens with zero attached hydrogens (tertiary/aromatic N) is 1. The standard InChI is InChI=1S/C18H22N2O3/c21-18(23-12-4-9-20-10-13-22-14-11-20)19-17-8-3-6-15-5-1-2-7-16(15)17/h1-3,5-8H,4,9-14H2,(H,19,21). The van der Waals surface area contributed by atoms with E-state index in [1.165, 1.54) is 0 Å². The molecule has 23 heavy (non-hydrogen) atoms. The molecule has 1 aliphatic heterocycles. The molecule has 5 nitrogen and oxygen atoms in total. The number of nitrogens with one attached hydrogen (secondary N) is 1. The normalized spacial score (nSPS) is 15.5. The number of hydrogen-bond acceptors (Lipinski definition) is 4. The number of fused-ring (bicyclic) bond motifs is 1. The average molecular weight is 314 g/mol. The zero-order valence-corrected chi connectivity index (χ0v) is 13.2. The van der Waals surface area contributed by atoms with Crippen LogP contribution in [0.2, 0.25) is 0 Å². The summed E-state index contributed by atoms with van der Waals surface area (Å²) in [7, 11) is 0. The number of anilines is 1. The van der Waals surface area contributed by atoms with Crippen molar-refractivity contribution in [2.45, 2.75) is 6.42 Å². The van der Waals surface area contributed by atoms with E-state index in [1.807, 2.05) is 42.5 Å². The average Bonchev–Trinajstić information content (AvgIpc) is 2.60. The first-order valence-electron chi connectivity index (χ1n) is 8.04. The van der Waals surface area contributed by atoms with Gasteiger partial charge >= 0.3 is 6.09 Å². The van der Waals surface area contributed by atoms with E-state index in [4.69, 9.17) is 9.47 Å². The molecule has 1 saturated heterocycles. The van der Waals surface area contributed by atoms with Gasteiger partial charge < -0.3 is 9.47 Å². The van der Waals surface area contributed by atoms with Crippen LogP contribution >= 0.6 is 0 Å². The SMILES string of the molecule is O=C(Nc1cccc2ccccc12)OCCCN1CCOCC1. The van der Waals surface area contributed by atoms with Crippen LogP contribution in [0.4, 0.5) is 10.5 Å². The summed E-state index contributed by atoms with van der Waals surface area (Å²) in [6.07, 6.45) is 0.437. The summed E-state index contributed by atoms with van der Waals surface area (Å²) in [5.41, 5.74) is 0.779. The van der Waals surface area contributed by atoms with E-state index < -0.39 is 6.09 Å². The van der Waals surface area contributed by atoms with Crippen molar-refractivity contribution in [2.75, 3.05) is 44.8 Å². The van der Waals surface area contributed by atoms with E-state index in [2.05, 4.69) is 10.2 Å². The van der Waals surface area contributed by atoms with Crippen molar-refractivity contribution in [1.82, 2.24) is 4.90 Å². The molecule has 0 aliphatic carbocycles. The minimum absolute atomic E-state index is 0.400. The Morgan fingerprint density at radius 2 is 1.91 bits per heavy atom. The number of rotatable bonds is 5. The van der Waals surface area contributed by atoms with Crippen LogP contribution in [0, 0.1) is 0 Å². The highest BCUT2D eigenvalue weighted by molar-refractivity contribution is 6.00. The van der Waals surface area contributed by atoms with Gasteiger partial charge in [-0.05, 0) is 17.9 Å². The lowest BCUT2D eigenvalue weighted by atomic mass is 10.1. The van der Waals surface area contributed by atoms with Crippen molar-refractivity contribution < 1.29 is 14.3 Å². The summed E-state index contributed by atoms with van der Waals surface area (Å²) in [5.74, 6) is 0. The van der Waals surface area contributed by atoms with E-state index in [0.29, 0.717) is 6.61 Å². The van der Waals surface area contributed by atoms with Gasteiger partial charge in [-0.15, -0.1) is 0 Å². The molecule has 0 radical (unpaired) electrons. The van der Waals surface area contributed by atoms with E-state index in [0.717, 1.165) is 55.7 Å². The van der Waals surface area contributed by atoms with Gasteiger partial charge in [0, 0.05) is 25.0 Å². The summed E-state index contributed by atoms with van der Waals surface area (Å²) in [5, 5.41) is 4.94. The topological polar surface area (TPSA) is 50.8 Å².